The number of nitrogens with one attached hydrogen (secondary N) is 1. The Hall–Kier alpha value is -2.87. The fraction of sp³-hybridized carbons (Fsp3) is 0.409. The van der Waals surface area contributed by atoms with E-state index in [2.05, 4.69) is 33.4 Å². The Balaban J connectivity index is 1.34. The van der Waals surface area contributed by atoms with E-state index >= 15 is 0 Å². The summed E-state index contributed by atoms with van der Waals surface area (Å²) in [6.07, 6.45) is 5.67. The van der Waals surface area contributed by atoms with E-state index in [1.807, 2.05) is 24.3 Å². The van der Waals surface area contributed by atoms with E-state index in [0.717, 1.165) is 31.7 Å². The summed E-state index contributed by atoms with van der Waals surface area (Å²) in [7, 11) is 0. The van der Waals surface area contributed by atoms with Crippen LogP contribution in [0.15, 0.2) is 48.7 Å². The van der Waals surface area contributed by atoms with Crippen LogP contribution >= 0.6 is 0 Å². The Kier molecular flexibility index (Phi) is 5.06. The number of aromatic nitrogens is 1. The van der Waals surface area contributed by atoms with E-state index < -0.39 is 0 Å². The van der Waals surface area contributed by atoms with Gasteiger partial charge in [-0.05, 0) is 49.3 Å². The van der Waals surface area contributed by atoms with Gasteiger partial charge in [0.2, 0.25) is 5.91 Å². The Morgan fingerprint density at radius 3 is 2.44 bits per heavy atom. The molecule has 2 aromatic rings. The van der Waals surface area contributed by atoms with Crippen molar-refractivity contribution in [2.45, 2.75) is 31.7 Å². The monoisotopic (exact) mass is 360 g/mol. The van der Waals surface area contributed by atoms with Crippen LogP contribution in [0.5, 0.6) is 0 Å². The Morgan fingerprint density at radius 1 is 1.11 bits per heavy atom. The average molecular weight is 360 g/mol. The van der Waals surface area contributed by atoms with Gasteiger partial charge < -0.3 is 10.2 Å². The molecule has 1 aromatic carbocycles. The normalized spacial score (nSPS) is 18.6. The number of nitriles is 1. The highest BCUT2D eigenvalue weighted by Gasteiger charge is 2.35. The number of piperidine rings is 1. The van der Waals surface area contributed by atoms with Gasteiger partial charge in [-0.1, -0.05) is 30.3 Å². The third kappa shape index (κ3) is 4.11. The van der Waals surface area contributed by atoms with Crippen LogP contribution in [0.4, 0.5) is 5.82 Å². The highest BCUT2D eigenvalue weighted by atomic mass is 16.2. The van der Waals surface area contributed by atoms with Crippen LogP contribution in [-0.4, -0.2) is 24.0 Å². The fourth-order valence-corrected chi connectivity index (χ4v) is 3.84. The van der Waals surface area contributed by atoms with E-state index in [1.165, 1.54) is 18.4 Å². The van der Waals surface area contributed by atoms with E-state index in [-0.39, 0.29) is 17.9 Å². The minimum Gasteiger partial charge on any atom is -0.357 e. The van der Waals surface area contributed by atoms with Gasteiger partial charge in [0.15, 0.2) is 0 Å². The molecule has 0 radical (unpaired) electrons. The molecule has 0 unspecified atom stereocenters. The number of rotatable bonds is 5. The molecule has 0 spiro atoms. The third-order valence-corrected chi connectivity index (χ3v) is 5.62. The van der Waals surface area contributed by atoms with Crippen LogP contribution < -0.4 is 10.2 Å². The predicted octanol–water partition coefficient (Wildman–Crippen LogP) is 3.44. The number of carbonyl (C=O) groups excluding carboxylic acids is 1. The number of hydrogen-bond donors (Lipinski definition) is 1. The summed E-state index contributed by atoms with van der Waals surface area (Å²) in [6, 6.07) is 16.2. The molecule has 4 rings (SSSR count). The van der Waals surface area contributed by atoms with Crippen molar-refractivity contribution in [2.24, 2.45) is 11.8 Å². The largest absolute Gasteiger partial charge is 0.357 e. The van der Waals surface area contributed by atoms with Crippen LogP contribution in [0.2, 0.25) is 0 Å². The average Bonchev–Trinajstić information content (AvgIpc) is 3.58. The first-order valence-electron chi connectivity index (χ1n) is 9.71. The van der Waals surface area contributed by atoms with Gasteiger partial charge in [0.25, 0.3) is 0 Å². The Bertz CT molecular complexity index is 816. The molecule has 1 amide bonds. The van der Waals surface area contributed by atoms with E-state index in [9.17, 15) is 4.79 Å². The van der Waals surface area contributed by atoms with Gasteiger partial charge in [0.1, 0.15) is 11.9 Å². The van der Waals surface area contributed by atoms with Crippen molar-refractivity contribution >= 4 is 11.7 Å². The zero-order valence-electron chi connectivity index (χ0n) is 15.3. The van der Waals surface area contributed by atoms with Crippen molar-refractivity contribution in [1.82, 2.24) is 10.3 Å². The summed E-state index contributed by atoms with van der Waals surface area (Å²) in [4.78, 5) is 19.4. The SMILES string of the molecule is N#Cc1ccc(N2CCC(C(=O)N[C@@H](c3ccccc3)C3CC3)CC2)nc1. The van der Waals surface area contributed by atoms with Gasteiger partial charge >= 0.3 is 0 Å². The highest BCUT2D eigenvalue weighted by Crippen LogP contribution is 2.41. The number of carbonyl (C=O) groups is 1. The van der Waals surface area contributed by atoms with Gasteiger partial charge in [-0.25, -0.2) is 4.98 Å². The lowest BCUT2D eigenvalue weighted by atomic mass is 9.94. The van der Waals surface area contributed by atoms with Crippen molar-refractivity contribution in [2.75, 3.05) is 18.0 Å². The second-order valence-electron chi connectivity index (χ2n) is 7.51. The van der Waals surface area contributed by atoms with E-state index in [0.29, 0.717) is 11.5 Å². The van der Waals surface area contributed by atoms with Gasteiger partial charge in [0.05, 0.1) is 11.6 Å². The molecule has 5 heteroatoms. The Morgan fingerprint density at radius 2 is 1.85 bits per heavy atom. The lowest BCUT2D eigenvalue weighted by Crippen LogP contribution is -2.42. The molecule has 1 atom stereocenters. The molecule has 1 N–H and O–H groups in total. The number of nitrogens with zero attached hydrogens (tertiary/aromatic N) is 3. The van der Waals surface area contributed by atoms with Crippen molar-refractivity contribution in [1.29, 1.82) is 5.26 Å². The molecular formula is C22H24N4O. The molecule has 1 aliphatic carbocycles. The topological polar surface area (TPSA) is 69.0 Å². The third-order valence-electron chi connectivity index (χ3n) is 5.62. The van der Waals surface area contributed by atoms with Gasteiger partial charge in [-0.3, -0.25) is 4.79 Å². The molecule has 1 saturated heterocycles. The molecule has 5 nitrogen and oxygen atoms in total. The summed E-state index contributed by atoms with van der Waals surface area (Å²) in [6.45, 7) is 1.63. The van der Waals surface area contributed by atoms with Crippen LogP contribution in [0, 0.1) is 23.2 Å². The lowest BCUT2D eigenvalue weighted by Gasteiger charge is -2.33. The van der Waals surface area contributed by atoms with Gasteiger partial charge in [0, 0.05) is 25.2 Å². The van der Waals surface area contributed by atoms with Crippen LogP contribution in [0.1, 0.15) is 42.9 Å². The fourth-order valence-electron chi connectivity index (χ4n) is 3.84. The number of pyridine rings is 1. The molecule has 2 aliphatic rings. The second kappa shape index (κ2) is 7.79. The van der Waals surface area contributed by atoms with Crippen molar-refractivity contribution in [3.63, 3.8) is 0 Å². The summed E-state index contributed by atoms with van der Waals surface area (Å²) in [5, 5.41) is 12.2. The minimum atomic E-state index is 0.0598. The number of anilines is 1. The molecule has 0 bridgehead atoms. The van der Waals surface area contributed by atoms with Crippen molar-refractivity contribution < 1.29 is 4.79 Å². The van der Waals surface area contributed by atoms with Crippen LogP contribution in [-0.2, 0) is 4.79 Å². The molecule has 1 aromatic heterocycles. The molecule has 1 aliphatic heterocycles. The lowest BCUT2D eigenvalue weighted by molar-refractivity contribution is -0.126. The smallest absolute Gasteiger partial charge is 0.223 e. The zero-order valence-corrected chi connectivity index (χ0v) is 15.3. The van der Waals surface area contributed by atoms with E-state index in [1.54, 1.807) is 12.3 Å². The second-order valence-corrected chi connectivity index (χ2v) is 7.51. The van der Waals surface area contributed by atoms with Gasteiger partial charge in [-0.15, -0.1) is 0 Å². The molecule has 2 fully saturated rings. The van der Waals surface area contributed by atoms with Crippen molar-refractivity contribution in [3.05, 3.63) is 59.8 Å². The van der Waals surface area contributed by atoms with Gasteiger partial charge in [-0.2, -0.15) is 5.26 Å². The number of amides is 1. The first-order valence-corrected chi connectivity index (χ1v) is 9.71. The Labute approximate surface area is 160 Å². The summed E-state index contributed by atoms with van der Waals surface area (Å²) in [5.41, 5.74) is 1.78. The van der Waals surface area contributed by atoms with Crippen LogP contribution in [0.25, 0.3) is 0 Å². The van der Waals surface area contributed by atoms with E-state index in [4.69, 9.17) is 5.26 Å². The summed E-state index contributed by atoms with van der Waals surface area (Å²) < 4.78 is 0. The molecule has 1 saturated carbocycles. The summed E-state index contributed by atoms with van der Waals surface area (Å²) in [5.74, 6) is 1.71. The first kappa shape index (κ1) is 17.5. The van der Waals surface area contributed by atoms with Crippen LogP contribution in [0.3, 0.4) is 0 Å². The maximum Gasteiger partial charge on any atom is 0.223 e. The predicted molar refractivity (Wildman–Crippen MR) is 104 cm³/mol. The first-order chi connectivity index (χ1) is 13.2. The summed E-state index contributed by atoms with van der Waals surface area (Å²) >= 11 is 0. The minimum absolute atomic E-state index is 0.0598. The molecule has 27 heavy (non-hydrogen) atoms. The molecular weight excluding hydrogens is 336 g/mol. The van der Waals surface area contributed by atoms with Crippen molar-refractivity contribution in [3.8, 4) is 6.07 Å². The quantitative estimate of drug-likeness (QED) is 0.887. The highest BCUT2D eigenvalue weighted by molar-refractivity contribution is 5.79. The maximum absolute atomic E-state index is 12.9. The maximum atomic E-state index is 12.9. The standard InChI is InChI=1S/C22H24N4O/c23-14-16-6-9-20(24-15-16)26-12-10-19(11-13-26)22(27)25-21(18-7-8-18)17-4-2-1-3-5-17/h1-6,9,15,18-19,21H,7-8,10-13H2,(H,25,27)/t21-/m0/s1. The number of hydrogen-bond acceptors (Lipinski definition) is 4. The molecule has 2 heterocycles. The number of benzene rings is 1. The zero-order chi connectivity index (χ0) is 18.6. The molecule has 138 valence electrons.